The molecule has 0 amide bonds. The summed E-state index contributed by atoms with van der Waals surface area (Å²) >= 11 is 3.66. The minimum atomic E-state index is -0.0944. The SMILES string of the molecule is Cc1cc(SC2CCCCC2Sc2cc(C)cc(C(C)(C)C)c2O)c(O)c(C(C)(C)C)c1. The first-order valence-electron chi connectivity index (χ1n) is 11.8. The Morgan fingerprint density at radius 1 is 0.656 bits per heavy atom. The van der Waals surface area contributed by atoms with Gasteiger partial charge >= 0.3 is 0 Å². The first-order chi connectivity index (χ1) is 14.8. The normalized spacial score (nSPS) is 19.9. The van der Waals surface area contributed by atoms with Gasteiger partial charge in [-0.15, -0.1) is 23.5 Å². The quantitative estimate of drug-likeness (QED) is 0.468. The highest BCUT2D eigenvalue weighted by molar-refractivity contribution is 8.04. The molecule has 1 aliphatic carbocycles. The molecule has 1 saturated carbocycles. The second-order valence-corrected chi connectivity index (χ2v) is 14.0. The molecule has 2 aromatic rings. The van der Waals surface area contributed by atoms with E-state index in [-0.39, 0.29) is 10.8 Å². The van der Waals surface area contributed by atoms with Gasteiger partial charge in [-0.25, -0.2) is 0 Å². The molecule has 2 aromatic carbocycles. The van der Waals surface area contributed by atoms with Crippen molar-refractivity contribution in [3.05, 3.63) is 46.5 Å². The summed E-state index contributed by atoms with van der Waals surface area (Å²) in [6.07, 6.45) is 4.72. The third-order valence-corrected chi connectivity index (χ3v) is 9.29. The van der Waals surface area contributed by atoms with E-state index in [1.54, 1.807) is 0 Å². The van der Waals surface area contributed by atoms with Crippen LogP contribution in [-0.4, -0.2) is 20.7 Å². The molecule has 4 heteroatoms. The lowest BCUT2D eigenvalue weighted by atomic mass is 9.85. The van der Waals surface area contributed by atoms with Gasteiger partial charge in [0.05, 0.1) is 0 Å². The van der Waals surface area contributed by atoms with E-state index in [1.807, 2.05) is 23.5 Å². The molecule has 0 radical (unpaired) electrons. The molecule has 176 valence electrons. The number of phenols is 2. The molecule has 1 aliphatic rings. The van der Waals surface area contributed by atoms with Crippen molar-refractivity contribution >= 4 is 23.5 Å². The highest BCUT2D eigenvalue weighted by Gasteiger charge is 2.31. The predicted octanol–water partition coefficient (Wildman–Crippen LogP) is 8.51. The zero-order valence-corrected chi connectivity index (χ0v) is 22.6. The summed E-state index contributed by atoms with van der Waals surface area (Å²) in [4.78, 5) is 1.99. The smallest absolute Gasteiger partial charge is 0.132 e. The molecule has 3 rings (SSSR count). The van der Waals surface area contributed by atoms with Crippen LogP contribution in [0.3, 0.4) is 0 Å². The Bertz CT molecular complexity index is 887. The van der Waals surface area contributed by atoms with Crippen molar-refractivity contribution in [1.82, 2.24) is 0 Å². The Labute approximate surface area is 203 Å². The number of rotatable bonds is 4. The first kappa shape index (κ1) is 25.4. The first-order valence-corrected chi connectivity index (χ1v) is 13.5. The number of aryl methyl sites for hydroxylation is 2. The minimum Gasteiger partial charge on any atom is -0.506 e. The van der Waals surface area contributed by atoms with Crippen LogP contribution in [0.4, 0.5) is 0 Å². The van der Waals surface area contributed by atoms with Crippen molar-refractivity contribution in [2.75, 3.05) is 0 Å². The van der Waals surface area contributed by atoms with Gasteiger partial charge in [0.1, 0.15) is 11.5 Å². The molecule has 2 N–H and O–H groups in total. The molecule has 2 atom stereocenters. The molecule has 0 aliphatic heterocycles. The highest BCUT2D eigenvalue weighted by atomic mass is 32.2. The average Bonchev–Trinajstić information content (AvgIpc) is 2.66. The van der Waals surface area contributed by atoms with E-state index in [0.717, 1.165) is 33.8 Å². The van der Waals surface area contributed by atoms with E-state index in [0.29, 0.717) is 22.0 Å². The van der Waals surface area contributed by atoms with Gasteiger partial charge in [-0.2, -0.15) is 0 Å². The van der Waals surface area contributed by atoms with Gasteiger partial charge in [0.25, 0.3) is 0 Å². The van der Waals surface area contributed by atoms with Gasteiger partial charge in [-0.3, -0.25) is 0 Å². The van der Waals surface area contributed by atoms with E-state index in [9.17, 15) is 10.2 Å². The number of hydrogen-bond acceptors (Lipinski definition) is 4. The lowest BCUT2D eigenvalue weighted by Crippen LogP contribution is -2.24. The summed E-state index contributed by atoms with van der Waals surface area (Å²) in [5.41, 5.74) is 4.24. The Morgan fingerprint density at radius 2 is 1.00 bits per heavy atom. The second kappa shape index (κ2) is 9.54. The van der Waals surface area contributed by atoms with Crippen LogP contribution >= 0.6 is 23.5 Å². The van der Waals surface area contributed by atoms with E-state index in [1.165, 1.54) is 24.0 Å². The second-order valence-electron chi connectivity index (χ2n) is 11.4. The molecular weight excluding hydrogens is 432 g/mol. The minimum absolute atomic E-state index is 0.0944. The van der Waals surface area contributed by atoms with Crippen molar-refractivity contribution < 1.29 is 10.2 Å². The predicted molar refractivity (Wildman–Crippen MR) is 141 cm³/mol. The van der Waals surface area contributed by atoms with E-state index >= 15 is 0 Å². The summed E-state index contributed by atoms with van der Waals surface area (Å²) in [5.74, 6) is 0.881. The third kappa shape index (κ3) is 5.80. The fraction of sp³-hybridized carbons (Fsp3) is 0.571. The Kier molecular flexibility index (Phi) is 7.56. The standard InChI is InChI=1S/C28H40O2S2/c1-17-13-19(27(3,4)5)25(29)23(15-17)31-21-11-9-10-12-22(21)32-24-16-18(2)14-20(26(24)30)28(6,7)8/h13-16,21-22,29-30H,9-12H2,1-8H3. The molecule has 0 spiro atoms. The zero-order chi connectivity index (χ0) is 23.8. The lowest BCUT2D eigenvalue weighted by molar-refractivity contribution is 0.432. The zero-order valence-electron chi connectivity index (χ0n) is 21.0. The molecule has 0 bridgehead atoms. The van der Waals surface area contributed by atoms with Crippen LogP contribution in [0, 0.1) is 13.8 Å². The van der Waals surface area contributed by atoms with Crippen molar-refractivity contribution in [1.29, 1.82) is 0 Å². The van der Waals surface area contributed by atoms with Gasteiger partial charge < -0.3 is 10.2 Å². The molecule has 1 fully saturated rings. The van der Waals surface area contributed by atoms with Crippen molar-refractivity contribution in [2.45, 2.75) is 112 Å². The topological polar surface area (TPSA) is 40.5 Å². The molecular formula is C28H40O2S2. The van der Waals surface area contributed by atoms with Gasteiger partial charge in [0, 0.05) is 31.4 Å². The summed E-state index contributed by atoms with van der Waals surface area (Å²) in [5, 5.41) is 23.0. The maximum Gasteiger partial charge on any atom is 0.132 e. The maximum absolute atomic E-state index is 11.1. The molecule has 0 heterocycles. The monoisotopic (exact) mass is 472 g/mol. The van der Waals surface area contributed by atoms with Gasteiger partial charge in [-0.05, 0) is 60.8 Å². The fourth-order valence-corrected chi connectivity index (χ4v) is 7.55. The molecule has 0 aromatic heterocycles. The van der Waals surface area contributed by atoms with Crippen LogP contribution in [0.1, 0.15) is 89.5 Å². The number of aromatic hydroxyl groups is 2. The molecule has 32 heavy (non-hydrogen) atoms. The van der Waals surface area contributed by atoms with Crippen LogP contribution in [0.5, 0.6) is 11.5 Å². The van der Waals surface area contributed by atoms with Crippen LogP contribution in [-0.2, 0) is 10.8 Å². The fourth-order valence-electron chi connectivity index (χ4n) is 4.47. The Balaban J connectivity index is 1.91. The molecule has 2 unspecified atom stereocenters. The average molecular weight is 473 g/mol. The largest absolute Gasteiger partial charge is 0.506 e. The number of phenolic OH excluding ortho intramolecular Hbond substituents is 2. The number of thioether (sulfide) groups is 2. The third-order valence-electron chi connectivity index (χ3n) is 6.25. The lowest BCUT2D eigenvalue weighted by Gasteiger charge is -2.32. The molecule has 0 saturated heterocycles. The van der Waals surface area contributed by atoms with Crippen molar-refractivity contribution in [2.24, 2.45) is 0 Å². The summed E-state index contributed by atoms with van der Waals surface area (Å²) in [6.45, 7) is 17.2. The van der Waals surface area contributed by atoms with E-state index in [4.69, 9.17) is 0 Å². The van der Waals surface area contributed by atoms with Crippen LogP contribution in [0.25, 0.3) is 0 Å². The van der Waals surface area contributed by atoms with Gasteiger partial charge in [0.2, 0.25) is 0 Å². The van der Waals surface area contributed by atoms with E-state index < -0.39 is 0 Å². The Morgan fingerprint density at radius 3 is 1.31 bits per heavy atom. The van der Waals surface area contributed by atoms with Gasteiger partial charge in [-0.1, -0.05) is 66.5 Å². The van der Waals surface area contributed by atoms with E-state index in [2.05, 4.69) is 79.7 Å². The van der Waals surface area contributed by atoms with Gasteiger partial charge in [0.15, 0.2) is 0 Å². The van der Waals surface area contributed by atoms with Crippen molar-refractivity contribution in [3.8, 4) is 11.5 Å². The van der Waals surface area contributed by atoms with Crippen molar-refractivity contribution in [3.63, 3.8) is 0 Å². The molecule has 2 nitrogen and oxygen atoms in total. The van der Waals surface area contributed by atoms with Crippen LogP contribution in [0.15, 0.2) is 34.1 Å². The van der Waals surface area contributed by atoms with Crippen LogP contribution in [0.2, 0.25) is 0 Å². The Hall–Kier alpha value is -1.26. The van der Waals surface area contributed by atoms with Crippen LogP contribution < -0.4 is 0 Å². The summed E-state index contributed by atoms with van der Waals surface area (Å²) < 4.78 is 0. The highest BCUT2D eigenvalue weighted by Crippen LogP contribution is 2.49. The number of benzene rings is 2. The maximum atomic E-state index is 11.1. The summed E-state index contributed by atoms with van der Waals surface area (Å²) in [7, 11) is 0. The summed E-state index contributed by atoms with van der Waals surface area (Å²) in [6, 6.07) is 8.50. The number of hydrogen-bond donors (Lipinski definition) is 2.